The molecular weight excluding hydrogens is 278 g/mol. The molecule has 6 heteroatoms. The lowest BCUT2D eigenvalue weighted by molar-refractivity contribution is 0.0824. The Bertz CT molecular complexity index is 545. The maximum atomic E-state index is 12.2. The molecule has 20 heavy (non-hydrogen) atoms. The molecule has 2 rings (SSSR count). The van der Waals surface area contributed by atoms with Crippen LogP contribution in [0.2, 0.25) is 5.15 Å². The number of amides is 1. The summed E-state index contributed by atoms with van der Waals surface area (Å²) in [6.45, 7) is 3.00. The van der Waals surface area contributed by atoms with Crippen molar-refractivity contribution in [3.8, 4) is 0 Å². The minimum atomic E-state index is -0.246. The van der Waals surface area contributed by atoms with Gasteiger partial charge in [0, 0.05) is 26.7 Å². The highest BCUT2D eigenvalue weighted by molar-refractivity contribution is 6.32. The highest BCUT2D eigenvalue weighted by atomic mass is 35.5. The van der Waals surface area contributed by atoms with Crippen LogP contribution in [0.15, 0.2) is 6.07 Å². The Kier molecular flexibility index (Phi) is 4.28. The number of hydrogen-bond donors (Lipinski definition) is 0. The SMILES string of the molecule is C[C@@H]1CCCN1c1cc(C(=O)N(C)C)c(C=O)c(Cl)n1. The minimum absolute atomic E-state index is 0.0850. The van der Waals surface area contributed by atoms with Crippen molar-refractivity contribution >= 4 is 29.6 Å². The number of aldehydes is 1. The molecule has 108 valence electrons. The van der Waals surface area contributed by atoms with Gasteiger partial charge in [-0.15, -0.1) is 0 Å². The van der Waals surface area contributed by atoms with Gasteiger partial charge < -0.3 is 9.80 Å². The summed E-state index contributed by atoms with van der Waals surface area (Å²) in [4.78, 5) is 31.2. The van der Waals surface area contributed by atoms with Crippen molar-refractivity contribution in [2.75, 3.05) is 25.5 Å². The van der Waals surface area contributed by atoms with Crippen LogP contribution < -0.4 is 4.90 Å². The Balaban J connectivity index is 2.51. The van der Waals surface area contributed by atoms with Gasteiger partial charge in [0.25, 0.3) is 5.91 Å². The fraction of sp³-hybridized carbons (Fsp3) is 0.500. The third-order valence-electron chi connectivity index (χ3n) is 3.60. The first-order valence-electron chi connectivity index (χ1n) is 6.59. The summed E-state index contributed by atoms with van der Waals surface area (Å²) in [6, 6.07) is 2.03. The first-order valence-corrected chi connectivity index (χ1v) is 6.97. The van der Waals surface area contributed by atoms with E-state index in [2.05, 4.69) is 16.8 Å². The van der Waals surface area contributed by atoms with Gasteiger partial charge in [-0.05, 0) is 25.8 Å². The molecule has 1 atom stereocenters. The molecule has 2 heterocycles. The molecule has 1 amide bonds. The molecule has 0 spiro atoms. The van der Waals surface area contributed by atoms with E-state index in [4.69, 9.17) is 11.6 Å². The van der Waals surface area contributed by atoms with Gasteiger partial charge >= 0.3 is 0 Å². The van der Waals surface area contributed by atoms with Crippen molar-refractivity contribution in [2.45, 2.75) is 25.8 Å². The van der Waals surface area contributed by atoms with E-state index < -0.39 is 0 Å². The van der Waals surface area contributed by atoms with Crippen molar-refractivity contribution in [3.05, 3.63) is 22.3 Å². The molecule has 0 bridgehead atoms. The second-order valence-corrected chi connectivity index (χ2v) is 5.59. The van der Waals surface area contributed by atoms with E-state index in [0.717, 1.165) is 19.4 Å². The third kappa shape index (κ3) is 2.63. The number of carbonyl (C=O) groups excluding carboxylic acids is 2. The molecule has 0 aliphatic carbocycles. The van der Waals surface area contributed by atoms with Gasteiger partial charge in [-0.2, -0.15) is 0 Å². The van der Waals surface area contributed by atoms with Crippen LogP contribution in [-0.2, 0) is 0 Å². The largest absolute Gasteiger partial charge is 0.354 e. The van der Waals surface area contributed by atoms with Gasteiger partial charge in [0.05, 0.1) is 11.1 Å². The summed E-state index contributed by atoms with van der Waals surface area (Å²) in [5.74, 6) is 0.417. The average molecular weight is 296 g/mol. The van der Waals surface area contributed by atoms with Crippen LogP contribution in [0.1, 0.15) is 40.5 Å². The third-order valence-corrected chi connectivity index (χ3v) is 3.89. The van der Waals surface area contributed by atoms with Crippen molar-refractivity contribution in [1.82, 2.24) is 9.88 Å². The Morgan fingerprint density at radius 3 is 2.75 bits per heavy atom. The molecule has 0 N–H and O–H groups in total. The summed E-state index contributed by atoms with van der Waals surface area (Å²) in [7, 11) is 3.28. The normalized spacial score (nSPS) is 18.2. The lowest BCUT2D eigenvalue weighted by Gasteiger charge is -2.24. The number of aromatic nitrogens is 1. The second-order valence-electron chi connectivity index (χ2n) is 5.23. The van der Waals surface area contributed by atoms with E-state index in [1.54, 1.807) is 20.2 Å². The van der Waals surface area contributed by atoms with E-state index in [0.29, 0.717) is 23.7 Å². The van der Waals surface area contributed by atoms with E-state index >= 15 is 0 Å². The molecule has 1 aromatic rings. The van der Waals surface area contributed by atoms with E-state index in [1.165, 1.54) is 4.90 Å². The lowest BCUT2D eigenvalue weighted by atomic mass is 10.1. The van der Waals surface area contributed by atoms with Crippen LogP contribution in [0.5, 0.6) is 0 Å². The Hall–Kier alpha value is -1.62. The highest BCUT2D eigenvalue weighted by Gasteiger charge is 2.25. The predicted molar refractivity (Wildman–Crippen MR) is 78.7 cm³/mol. The zero-order valence-electron chi connectivity index (χ0n) is 11.9. The Labute approximate surface area is 123 Å². The summed E-state index contributed by atoms with van der Waals surface area (Å²) in [5.41, 5.74) is 0.458. The molecule has 1 fully saturated rings. The van der Waals surface area contributed by atoms with Crippen molar-refractivity contribution < 1.29 is 9.59 Å². The summed E-state index contributed by atoms with van der Waals surface area (Å²) < 4.78 is 0. The fourth-order valence-corrected chi connectivity index (χ4v) is 2.69. The predicted octanol–water partition coefficient (Wildman–Crippen LogP) is 2.24. The lowest BCUT2D eigenvalue weighted by Crippen LogP contribution is -2.29. The standard InChI is InChI=1S/C14H18ClN3O2/c1-9-5-4-6-18(9)12-7-10(14(20)17(2)3)11(8-19)13(15)16-12/h7-9H,4-6H2,1-3H3/t9-/m1/s1. The number of hydrogen-bond acceptors (Lipinski definition) is 4. The smallest absolute Gasteiger partial charge is 0.254 e. The quantitative estimate of drug-likeness (QED) is 0.634. The van der Waals surface area contributed by atoms with Crippen molar-refractivity contribution in [2.24, 2.45) is 0 Å². The van der Waals surface area contributed by atoms with Gasteiger partial charge in [0.15, 0.2) is 6.29 Å². The van der Waals surface area contributed by atoms with E-state index in [1.807, 2.05) is 0 Å². The maximum Gasteiger partial charge on any atom is 0.254 e. The molecule has 1 aromatic heterocycles. The maximum absolute atomic E-state index is 12.2. The molecule has 1 aliphatic heterocycles. The number of nitrogens with zero attached hydrogens (tertiary/aromatic N) is 3. The minimum Gasteiger partial charge on any atom is -0.354 e. The number of rotatable bonds is 3. The van der Waals surface area contributed by atoms with Crippen LogP contribution in [0.3, 0.4) is 0 Å². The number of carbonyl (C=O) groups is 2. The first kappa shape index (κ1) is 14.8. The molecule has 0 radical (unpaired) electrons. The molecule has 1 saturated heterocycles. The fourth-order valence-electron chi connectivity index (χ4n) is 2.46. The molecule has 0 saturated carbocycles. The van der Waals surface area contributed by atoms with Gasteiger partial charge in [0.2, 0.25) is 0 Å². The molecule has 0 aromatic carbocycles. The van der Waals surface area contributed by atoms with Crippen LogP contribution in [0.25, 0.3) is 0 Å². The molecular formula is C14H18ClN3O2. The van der Waals surface area contributed by atoms with Crippen LogP contribution in [-0.4, -0.2) is 48.8 Å². The van der Waals surface area contributed by atoms with E-state index in [-0.39, 0.29) is 16.6 Å². The Morgan fingerprint density at radius 2 is 2.25 bits per heavy atom. The average Bonchev–Trinajstić information content (AvgIpc) is 2.83. The zero-order valence-corrected chi connectivity index (χ0v) is 12.6. The first-order chi connectivity index (χ1) is 9.45. The summed E-state index contributed by atoms with van der Waals surface area (Å²) >= 11 is 6.07. The van der Waals surface area contributed by atoms with Crippen LogP contribution >= 0.6 is 11.6 Å². The second kappa shape index (κ2) is 5.79. The van der Waals surface area contributed by atoms with Crippen molar-refractivity contribution in [3.63, 3.8) is 0 Å². The molecule has 1 aliphatic rings. The Morgan fingerprint density at radius 1 is 1.55 bits per heavy atom. The van der Waals surface area contributed by atoms with Gasteiger partial charge in [-0.25, -0.2) is 4.98 Å². The highest BCUT2D eigenvalue weighted by Crippen LogP contribution is 2.28. The van der Waals surface area contributed by atoms with E-state index in [9.17, 15) is 9.59 Å². The van der Waals surface area contributed by atoms with Crippen molar-refractivity contribution in [1.29, 1.82) is 0 Å². The molecule has 0 unspecified atom stereocenters. The number of halogens is 1. The summed E-state index contributed by atoms with van der Waals surface area (Å²) in [6.07, 6.45) is 2.77. The monoisotopic (exact) mass is 295 g/mol. The zero-order chi connectivity index (χ0) is 14.9. The number of anilines is 1. The van der Waals surface area contributed by atoms with Gasteiger partial charge in [0.1, 0.15) is 11.0 Å². The van der Waals surface area contributed by atoms with Gasteiger partial charge in [-0.1, -0.05) is 11.6 Å². The van der Waals surface area contributed by atoms with Crippen LogP contribution in [0.4, 0.5) is 5.82 Å². The number of pyridine rings is 1. The van der Waals surface area contributed by atoms with Crippen LogP contribution in [0, 0.1) is 0 Å². The summed E-state index contributed by atoms with van der Waals surface area (Å²) in [5, 5.41) is 0.0850. The topological polar surface area (TPSA) is 53.5 Å². The molecule has 5 nitrogen and oxygen atoms in total. The van der Waals surface area contributed by atoms with Gasteiger partial charge in [-0.3, -0.25) is 9.59 Å².